The van der Waals surface area contributed by atoms with E-state index in [1.165, 1.54) is 0 Å². The summed E-state index contributed by atoms with van der Waals surface area (Å²) in [6.45, 7) is 0. The van der Waals surface area contributed by atoms with Gasteiger partial charge in [-0.1, -0.05) is 24.3 Å². The van der Waals surface area contributed by atoms with E-state index in [2.05, 4.69) is 0 Å². The van der Waals surface area contributed by atoms with Crippen molar-refractivity contribution < 1.29 is 9.90 Å². The van der Waals surface area contributed by atoms with Crippen LogP contribution >= 0.6 is 0 Å². The standard InChI is InChI=1S/C10H10N2O2/c11-5-4-7-2-1-3-8(6-7)9(12)10(13)14/h1-3,6,9H,4,12H2,(H,13,14)/t9-/m0/s1. The smallest absolute Gasteiger partial charge is 0.325 e. The van der Waals surface area contributed by atoms with Gasteiger partial charge in [-0.2, -0.15) is 5.26 Å². The summed E-state index contributed by atoms with van der Waals surface area (Å²) in [4.78, 5) is 10.6. The summed E-state index contributed by atoms with van der Waals surface area (Å²) in [5, 5.41) is 17.1. The van der Waals surface area contributed by atoms with Gasteiger partial charge in [-0.15, -0.1) is 0 Å². The lowest BCUT2D eigenvalue weighted by atomic mass is 10.0. The first kappa shape index (κ1) is 10.2. The quantitative estimate of drug-likeness (QED) is 0.739. The van der Waals surface area contributed by atoms with Gasteiger partial charge in [-0.05, 0) is 11.1 Å². The van der Waals surface area contributed by atoms with Crippen LogP contribution in [0.3, 0.4) is 0 Å². The first-order chi connectivity index (χ1) is 6.65. The topological polar surface area (TPSA) is 87.1 Å². The normalized spacial score (nSPS) is 11.7. The van der Waals surface area contributed by atoms with Gasteiger partial charge in [0, 0.05) is 0 Å². The molecule has 1 aromatic carbocycles. The molecule has 0 saturated heterocycles. The van der Waals surface area contributed by atoms with Gasteiger partial charge in [0.15, 0.2) is 0 Å². The maximum absolute atomic E-state index is 10.6. The van der Waals surface area contributed by atoms with Crippen molar-refractivity contribution in [3.05, 3.63) is 35.4 Å². The van der Waals surface area contributed by atoms with Crippen LogP contribution in [0.25, 0.3) is 0 Å². The van der Waals surface area contributed by atoms with Gasteiger partial charge in [-0.25, -0.2) is 0 Å². The first-order valence-electron chi connectivity index (χ1n) is 4.09. The molecule has 0 fully saturated rings. The van der Waals surface area contributed by atoms with Gasteiger partial charge < -0.3 is 10.8 Å². The number of rotatable bonds is 3. The molecule has 0 aliphatic heterocycles. The minimum atomic E-state index is -1.07. The molecule has 0 saturated carbocycles. The van der Waals surface area contributed by atoms with Crippen LogP contribution in [0.5, 0.6) is 0 Å². The van der Waals surface area contributed by atoms with Crippen LogP contribution in [-0.4, -0.2) is 11.1 Å². The molecule has 1 aromatic rings. The second-order valence-electron chi connectivity index (χ2n) is 2.90. The molecule has 0 unspecified atom stereocenters. The fourth-order valence-corrected chi connectivity index (χ4v) is 1.13. The van der Waals surface area contributed by atoms with E-state index >= 15 is 0 Å². The fourth-order valence-electron chi connectivity index (χ4n) is 1.13. The number of benzene rings is 1. The van der Waals surface area contributed by atoms with Crippen LogP contribution in [0, 0.1) is 11.3 Å². The lowest BCUT2D eigenvalue weighted by Crippen LogP contribution is -2.20. The van der Waals surface area contributed by atoms with Crippen molar-refractivity contribution in [2.24, 2.45) is 5.73 Å². The third-order valence-corrected chi connectivity index (χ3v) is 1.86. The van der Waals surface area contributed by atoms with Crippen molar-refractivity contribution in [3.63, 3.8) is 0 Å². The predicted octanol–water partition coefficient (Wildman–Crippen LogP) is 0.837. The van der Waals surface area contributed by atoms with Gasteiger partial charge in [-0.3, -0.25) is 4.79 Å². The van der Waals surface area contributed by atoms with E-state index in [0.717, 1.165) is 5.56 Å². The zero-order chi connectivity index (χ0) is 10.6. The molecule has 0 spiro atoms. The van der Waals surface area contributed by atoms with Crippen LogP contribution < -0.4 is 5.73 Å². The van der Waals surface area contributed by atoms with E-state index in [1.807, 2.05) is 6.07 Å². The second-order valence-corrected chi connectivity index (χ2v) is 2.90. The predicted molar refractivity (Wildman–Crippen MR) is 50.3 cm³/mol. The molecule has 0 amide bonds. The Kier molecular flexibility index (Phi) is 3.21. The van der Waals surface area contributed by atoms with Crippen LogP contribution in [-0.2, 0) is 11.2 Å². The number of carboxylic acids is 1. The van der Waals surface area contributed by atoms with E-state index in [9.17, 15) is 4.79 Å². The third kappa shape index (κ3) is 2.31. The van der Waals surface area contributed by atoms with Crippen LogP contribution in [0.4, 0.5) is 0 Å². The lowest BCUT2D eigenvalue weighted by Gasteiger charge is -2.07. The van der Waals surface area contributed by atoms with E-state index in [1.54, 1.807) is 24.3 Å². The van der Waals surface area contributed by atoms with Gasteiger partial charge in [0.1, 0.15) is 6.04 Å². The summed E-state index contributed by atoms with van der Waals surface area (Å²) in [6, 6.07) is 7.72. The molecule has 4 heteroatoms. The largest absolute Gasteiger partial charge is 0.480 e. The van der Waals surface area contributed by atoms with Gasteiger partial charge in [0.25, 0.3) is 0 Å². The molecular weight excluding hydrogens is 180 g/mol. The molecule has 0 bridgehead atoms. The maximum atomic E-state index is 10.6. The molecule has 3 N–H and O–H groups in total. The van der Waals surface area contributed by atoms with Crippen molar-refractivity contribution in [1.29, 1.82) is 5.26 Å². The Morgan fingerprint density at radius 3 is 2.93 bits per heavy atom. The number of carbonyl (C=O) groups is 1. The van der Waals surface area contributed by atoms with Gasteiger partial charge in [0.2, 0.25) is 0 Å². The molecular formula is C10H10N2O2. The molecule has 4 nitrogen and oxygen atoms in total. The zero-order valence-corrected chi connectivity index (χ0v) is 7.47. The van der Waals surface area contributed by atoms with E-state index in [-0.39, 0.29) is 6.42 Å². The van der Waals surface area contributed by atoms with E-state index < -0.39 is 12.0 Å². The summed E-state index contributed by atoms with van der Waals surface area (Å²) >= 11 is 0. The molecule has 1 rings (SSSR count). The number of nitrogens with two attached hydrogens (primary N) is 1. The molecule has 0 aliphatic rings. The number of aliphatic carboxylic acids is 1. The average Bonchev–Trinajstić information content (AvgIpc) is 2.17. The average molecular weight is 190 g/mol. The molecule has 1 atom stereocenters. The Morgan fingerprint density at radius 2 is 2.36 bits per heavy atom. The summed E-state index contributed by atoms with van der Waals surface area (Å²) in [5.41, 5.74) is 6.72. The highest BCUT2D eigenvalue weighted by Gasteiger charge is 2.13. The summed E-state index contributed by atoms with van der Waals surface area (Å²) in [5.74, 6) is -1.07. The van der Waals surface area contributed by atoms with Crippen molar-refractivity contribution in [2.45, 2.75) is 12.5 Å². The van der Waals surface area contributed by atoms with Gasteiger partial charge >= 0.3 is 5.97 Å². The number of hydrogen-bond acceptors (Lipinski definition) is 3. The zero-order valence-electron chi connectivity index (χ0n) is 7.47. The molecule has 72 valence electrons. The summed E-state index contributed by atoms with van der Waals surface area (Å²) < 4.78 is 0. The molecule has 14 heavy (non-hydrogen) atoms. The highest BCUT2D eigenvalue weighted by molar-refractivity contribution is 5.75. The number of nitrogens with zero attached hydrogens (tertiary/aromatic N) is 1. The third-order valence-electron chi connectivity index (χ3n) is 1.86. The lowest BCUT2D eigenvalue weighted by molar-refractivity contribution is -0.138. The maximum Gasteiger partial charge on any atom is 0.325 e. The Balaban J connectivity index is 2.94. The monoisotopic (exact) mass is 190 g/mol. The van der Waals surface area contributed by atoms with Crippen LogP contribution in [0.15, 0.2) is 24.3 Å². The summed E-state index contributed by atoms with van der Waals surface area (Å²) in [7, 11) is 0. The fraction of sp³-hybridized carbons (Fsp3) is 0.200. The van der Waals surface area contributed by atoms with E-state index in [4.69, 9.17) is 16.1 Å². The van der Waals surface area contributed by atoms with Crippen molar-refractivity contribution >= 4 is 5.97 Å². The second kappa shape index (κ2) is 4.40. The van der Waals surface area contributed by atoms with Crippen molar-refractivity contribution in [2.75, 3.05) is 0 Å². The van der Waals surface area contributed by atoms with Crippen LogP contribution in [0.1, 0.15) is 17.2 Å². The molecule has 0 aromatic heterocycles. The Morgan fingerprint density at radius 1 is 1.64 bits per heavy atom. The first-order valence-corrected chi connectivity index (χ1v) is 4.09. The number of nitriles is 1. The minimum absolute atomic E-state index is 0.264. The summed E-state index contributed by atoms with van der Waals surface area (Å²) in [6.07, 6.45) is 0.264. The van der Waals surface area contributed by atoms with Crippen molar-refractivity contribution in [1.82, 2.24) is 0 Å². The minimum Gasteiger partial charge on any atom is -0.480 e. The number of hydrogen-bond donors (Lipinski definition) is 2. The highest BCUT2D eigenvalue weighted by Crippen LogP contribution is 2.12. The number of carboxylic acid groups (broad SMARTS) is 1. The molecule has 0 heterocycles. The molecule has 0 aliphatic carbocycles. The SMILES string of the molecule is N#CCc1cccc([C@H](N)C(=O)O)c1. The highest BCUT2D eigenvalue weighted by atomic mass is 16.4. The van der Waals surface area contributed by atoms with Gasteiger partial charge in [0.05, 0.1) is 12.5 Å². The van der Waals surface area contributed by atoms with Crippen LogP contribution in [0.2, 0.25) is 0 Å². The van der Waals surface area contributed by atoms with Crippen molar-refractivity contribution in [3.8, 4) is 6.07 Å². The Labute approximate surface area is 81.6 Å². The van der Waals surface area contributed by atoms with E-state index in [0.29, 0.717) is 5.56 Å². The molecule has 0 radical (unpaired) electrons. The Hall–Kier alpha value is -1.86. The Bertz CT molecular complexity index is 382.